The second-order valence-corrected chi connectivity index (χ2v) is 9.46. The first-order chi connectivity index (χ1) is 14.0. The Morgan fingerprint density at radius 1 is 1.10 bits per heavy atom. The summed E-state index contributed by atoms with van der Waals surface area (Å²) < 4.78 is 30.5. The van der Waals surface area contributed by atoms with Gasteiger partial charge in [0.1, 0.15) is 10.6 Å². The Bertz CT molecular complexity index is 979. The Kier molecular flexibility index (Phi) is 7.60. The monoisotopic (exact) mass is 432 g/mol. The zero-order chi connectivity index (χ0) is 20.7. The summed E-state index contributed by atoms with van der Waals surface area (Å²) in [5.74, 6) is 0. The molecule has 6 nitrogen and oxygen atoms in total. The molecule has 0 saturated carbocycles. The van der Waals surface area contributed by atoms with Crippen molar-refractivity contribution < 1.29 is 8.42 Å². The van der Waals surface area contributed by atoms with Crippen molar-refractivity contribution in [3.05, 3.63) is 59.6 Å². The molecule has 3 aromatic rings. The van der Waals surface area contributed by atoms with E-state index >= 15 is 0 Å². The van der Waals surface area contributed by atoms with Gasteiger partial charge in [-0.05, 0) is 43.1 Å². The number of rotatable bonds is 11. The summed E-state index contributed by atoms with van der Waals surface area (Å²) >= 11 is 1.49. The van der Waals surface area contributed by atoms with E-state index in [1.807, 2.05) is 47.8 Å². The molecule has 0 radical (unpaired) electrons. The Morgan fingerprint density at radius 3 is 2.52 bits per heavy atom. The molecule has 0 aliphatic carbocycles. The van der Waals surface area contributed by atoms with Crippen LogP contribution in [0, 0.1) is 0 Å². The second kappa shape index (κ2) is 10.2. The van der Waals surface area contributed by atoms with Crippen LogP contribution in [0.1, 0.15) is 25.8 Å². The molecule has 0 aliphatic heterocycles. The predicted octanol–water partition coefficient (Wildman–Crippen LogP) is 3.67. The molecule has 3 rings (SSSR count). The summed E-state index contributed by atoms with van der Waals surface area (Å²) in [4.78, 5) is 3.36. The van der Waals surface area contributed by atoms with Crippen molar-refractivity contribution in [2.75, 3.05) is 26.2 Å². The highest BCUT2D eigenvalue weighted by atomic mass is 32.2. The highest BCUT2D eigenvalue weighted by Gasteiger charge is 2.24. The normalized spacial score (nSPS) is 12.0. The molecule has 29 heavy (non-hydrogen) atoms. The van der Waals surface area contributed by atoms with Crippen LogP contribution in [-0.2, 0) is 16.6 Å². The number of nitrogens with one attached hydrogen (secondary N) is 1. The van der Waals surface area contributed by atoms with Crippen LogP contribution in [0.15, 0.2) is 58.9 Å². The Morgan fingerprint density at radius 2 is 1.86 bits per heavy atom. The van der Waals surface area contributed by atoms with E-state index in [0.29, 0.717) is 18.8 Å². The zero-order valence-electron chi connectivity index (χ0n) is 16.9. The molecule has 0 spiro atoms. The van der Waals surface area contributed by atoms with Crippen molar-refractivity contribution in [2.24, 2.45) is 0 Å². The number of hydrogen-bond acceptors (Lipinski definition) is 5. The first-order valence-corrected chi connectivity index (χ1v) is 12.3. The van der Waals surface area contributed by atoms with E-state index in [1.54, 1.807) is 10.9 Å². The van der Waals surface area contributed by atoms with Gasteiger partial charge in [0.15, 0.2) is 0 Å². The summed E-state index contributed by atoms with van der Waals surface area (Å²) in [7, 11) is -3.64. The minimum atomic E-state index is -3.64. The van der Waals surface area contributed by atoms with Crippen LogP contribution < -0.4 is 4.72 Å². The van der Waals surface area contributed by atoms with Crippen molar-refractivity contribution in [1.82, 2.24) is 19.4 Å². The van der Waals surface area contributed by atoms with Crippen molar-refractivity contribution in [2.45, 2.75) is 31.7 Å². The Hall–Kier alpha value is -2.00. The minimum Gasteiger partial charge on any atom is -0.304 e. The lowest BCUT2D eigenvalue weighted by atomic mass is 10.2. The molecule has 2 aromatic heterocycles. The van der Waals surface area contributed by atoms with Crippen LogP contribution in [0.3, 0.4) is 0 Å². The van der Waals surface area contributed by atoms with Crippen LogP contribution >= 0.6 is 11.3 Å². The van der Waals surface area contributed by atoms with Crippen LogP contribution in [0.2, 0.25) is 0 Å². The SMILES string of the molecule is CCN(CC)CCCNS(=O)(=O)c1cn(Cc2ccccc2)nc1-c1cccs1. The third kappa shape index (κ3) is 5.76. The van der Waals surface area contributed by atoms with E-state index in [4.69, 9.17) is 0 Å². The van der Waals surface area contributed by atoms with Gasteiger partial charge in [-0.2, -0.15) is 5.10 Å². The lowest BCUT2D eigenvalue weighted by Crippen LogP contribution is -2.30. The summed E-state index contributed by atoms with van der Waals surface area (Å²) in [6.45, 7) is 7.98. The van der Waals surface area contributed by atoms with E-state index in [9.17, 15) is 8.42 Å². The largest absolute Gasteiger partial charge is 0.304 e. The molecule has 0 fully saturated rings. The summed E-state index contributed by atoms with van der Waals surface area (Å²) in [6.07, 6.45) is 2.40. The number of sulfonamides is 1. The van der Waals surface area contributed by atoms with Gasteiger partial charge in [-0.25, -0.2) is 13.1 Å². The van der Waals surface area contributed by atoms with Gasteiger partial charge in [0, 0.05) is 12.7 Å². The van der Waals surface area contributed by atoms with E-state index < -0.39 is 10.0 Å². The van der Waals surface area contributed by atoms with E-state index in [0.717, 1.165) is 36.5 Å². The number of hydrogen-bond donors (Lipinski definition) is 1. The highest BCUT2D eigenvalue weighted by Crippen LogP contribution is 2.29. The van der Waals surface area contributed by atoms with E-state index in [2.05, 4.69) is 28.6 Å². The van der Waals surface area contributed by atoms with Crippen LogP contribution in [0.5, 0.6) is 0 Å². The van der Waals surface area contributed by atoms with Gasteiger partial charge in [-0.3, -0.25) is 4.68 Å². The number of nitrogens with zero attached hydrogens (tertiary/aromatic N) is 3. The molecule has 0 bridgehead atoms. The second-order valence-electron chi connectivity index (χ2n) is 6.78. The molecular weight excluding hydrogens is 404 g/mol. The maximum Gasteiger partial charge on any atom is 0.244 e. The average Bonchev–Trinajstić information content (AvgIpc) is 3.39. The number of benzene rings is 1. The molecule has 0 atom stereocenters. The fourth-order valence-electron chi connectivity index (χ4n) is 3.16. The lowest BCUT2D eigenvalue weighted by Gasteiger charge is -2.17. The number of aromatic nitrogens is 2. The topological polar surface area (TPSA) is 67.2 Å². The lowest BCUT2D eigenvalue weighted by molar-refractivity contribution is 0.300. The zero-order valence-corrected chi connectivity index (χ0v) is 18.5. The molecule has 0 aliphatic rings. The minimum absolute atomic E-state index is 0.235. The van der Waals surface area contributed by atoms with Gasteiger partial charge in [-0.1, -0.05) is 50.2 Å². The third-order valence-electron chi connectivity index (χ3n) is 4.80. The fraction of sp³-hybridized carbons (Fsp3) is 0.381. The molecule has 2 heterocycles. The fourth-order valence-corrected chi connectivity index (χ4v) is 5.18. The summed E-state index contributed by atoms with van der Waals surface area (Å²) in [6, 6.07) is 13.7. The Labute approximate surface area is 177 Å². The first-order valence-electron chi connectivity index (χ1n) is 9.90. The molecule has 0 unspecified atom stereocenters. The maximum absolute atomic E-state index is 13.0. The van der Waals surface area contributed by atoms with Gasteiger partial charge < -0.3 is 4.90 Å². The molecule has 156 valence electrons. The van der Waals surface area contributed by atoms with Crippen molar-refractivity contribution in [3.63, 3.8) is 0 Å². The van der Waals surface area contributed by atoms with Crippen molar-refractivity contribution in [3.8, 4) is 10.6 Å². The summed E-state index contributed by atoms with van der Waals surface area (Å²) in [5, 5.41) is 6.53. The van der Waals surface area contributed by atoms with Crippen molar-refractivity contribution in [1.29, 1.82) is 0 Å². The third-order valence-corrected chi connectivity index (χ3v) is 7.14. The molecule has 1 N–H and O–H groups in total. The predicted molar refractivity (Wildman–Crippen MR) is 119 cm³/mol. The highest BCUT2D eigenvalue weighted by molar-refractivity contribution is 7.89. The van der Waals surface area contributed by atoms with Crippen LogP contribution in [0.25, 0.3) is 10.6 Å². The van der Waals surface area contributed by atoms with Crippen LogP contribution in [-0.4, -0.2) is 49.3 Å². The number of thiophene rings is 1. The molecule has 0 amide bonds. The van der Waals surface area contributed by atoms with Gasteiger partial charge >= 0.3 is 0 Å². The van der Waals surface area contributed by atoms with E-state index in [-0.39, 0.29) is 4.90 Å². The van der Waals surface area contributed by atoms with Crippen molar-refractivity contribution >= 4 is 21.4 Å². The molecular formula is C21H28N4O2S2. The smallest absolute Gasteiger partial charge is 0.244 e. The van der Waals surface area contributed by atoms with Gasteiger partial charge in [0.05, 0.1) is 11.4 Å². The van der Waals surface area contributed by atoms with E-state index in [1.165, 1.54) is 11.3 Å². The van der Waals surface area contributed by atoms with Crippen LogP contribution in [0.4, 0.5) is 0 Å². The van der Waals surface area contributed by atoms with Gasteiger partial charge in [-0.15, -0.1) is 11.3 Å². The van der Waals surface area contributed by atoms with Gasteiger partial charge in [0.25, 0.3) is 0 Å². The molecule has 1 aromatic carbocycles. The first kappa shape index (κ1) is 21.7. The Balaban J connectivity index is 1.78. The molecule has 0 saturated heterocycles. The van der Waals surface area contributed by atoms with Gasteiger partial charge in [0.2, 0.25) is 10.0 Å². The summed E-state index contributed by atoms with van der Waals surface area (Å²) in [5.41, 5.74) is 1.58. The standard InChI is InChI=1S/C21H28N4O2S2/c1-3-24(4-2)14-9-13-22-29(26,27)20-17-25(16-18-10-6-5-7-11-18)23-21(20)19-12-8-15-28-19/h5-8,10-12,15,17,22H,3-4,9,13-14,16H2,1-2H3. The quantitative estimate of drug-likeness (QED) is 0.470. The molecule has 8 heteroatoms. The maximum atomic E-state index is 13.0. The average molecular weight is 433 g/mol.